The van der Waals surface area contributed by atoms with Gasteiger partial charge in [-0.3, -0.25) is 4.79 Å². The van der Waals surface area contributed by atoms with E-state index in [0.29, 0.717) is 18.5 Å². The molecular weight excluding hydrogens is 224 g/mol. The van der Waals surface area contributed by atoms with E-state index in [-0.39, 0.29) is 18.3 Å². The molecule has 3 nitrogen and oxygen atoms in total. The van der Waals surface area contributed by atoms with Crippen molar-refractivity contribution in [3.8, 4) is 0 Å². The van der Waals surface area contributed by atoms with Gasteiger partial charge in [0, 0.05) is 12.6 Å². The number of carbonyl (C=O) groups excluding carboxylic acids is 1. The Morgan fingerprint density at radius 2 is 1.94 bits per heavy atom. The molecule has 1 saturated carbocycles. The van der Waals surface area contributed by atoms with Gasteiger partial charge in [-0.2, -0.15) is 0 Å². The summed E-state index contributed by atoms with van der Waals surface area (Å²) in [5.41, 5.74) is 5.15. The van der Waals surface area contributed by atoms with E-state index in [1.54, 1.807) is 0 Å². The normalized spacial score (nSPS) is 25.8. The number of amides is 1. The molecule has 1 aliphatic carbocycles. The highest BCUT2D eigenvalue weighted by Crippen LogP contribution is 2.25. The molecule has 0 heterocycles. The van der Waals surface area contributed by atoms with Crippen LogP contribution in [0, 0.1) is 11.3 Å². The predicted molar refractivity (Wildman–Crippen MR) is 69.6 cm³/mol. The SMILES string of the molecule is CC1CCCCC1NC(=O)C(C)(C)CN.Cl. The number of hydrogen-bond donors (Lipinski definition) is 2. The molecule has 1 amide bonds. The smallest absolute Gasteiger partial charge is 0.227 e. The molecule has 0 aromatic carbocycles. The topological polar surface area (TPSA) is 55.1 Å². The number of halogens is 1. The molecule has 3 N–H and O–H groups in total. The van der Waals surface area contributed by atoms with Crippen molar-refractivity contribution < 1.29 is 4.79 Å². The highest BCUT2D eigenvalue weighted by atomic mass is 35.5. The lowest BCUT2D eigenvalue weighted by Crippen LogP contribution is -2.48. The zero-order valence-electron chi connectivity index (χ0n) is 10.6. The third kappa shape index (κ3) is 3.95. The summed E-state index contributed by atoms with van der Waals surface area (Å²) >= 11 is 0. The highest BCUT2D eigenvalue weighted by molar-refractivity contribution is 5.85. The van der Waals surface area contributed by atoms with E-state index in [2.05, 4.69) is 12.2 Å². The van der Waals surface area contributed by atoms with E-state index < -0.39 is 5.41 Å². The quantitative estimate of drug-likeness (QED) is 0.804. The minimum atomic E-state index is -0.433. The fourth-order valence-electron chi connectivity index (χ4n) is 1.99. The second-order valence-electron chi connectivity index (χ2n) is 5.43. The van der Waals surface area contributed by atoms with Crippen LogP contribution in [-0.4, -0.2) is 18.5 Å². The van der Waals surface area contributed by atoms with Gasteiger partial charge in [-0.1, -0.05) is 19.8 Å². The van der Waals surface area contributed by atoms with E-state index in [4.69, 9.17) is 5.73 Å². The second-order valence-corrected chi connectivity index (χ2v) is 5.43. The minimum absolute atomic E-state index is 0. The fraction of sp³-hybridized carbons (Fsp3) is 0.917. The number of nitrogens with one attached hydrogen (secondary N) is 1. The first kappa shape index (κ1) is 15.7. The number of carbonyl (C=O) groups is 1. The van der Waals surface area contributed by atoms with E-state index in [0.717, 1.165) is 6.42 Å². The van der Waals surface area contributed by atoms with Crippen LogP contribution >= 0.6 is 12.4 Å². The lowest BCUT2D eigenvalue weighted by atomic mass is 9.84. The number of nitrogens with two attached hydrogens (primary N) is 1. The molecule has 0 radical (unpaired) electrons. The summed E-state index contributed by atoms with van der Waals surface area (Å²) in [4.78, 5) is 11.9. The summed E-state index contributed by atoms with van der Waals surface area (Å²) in [6, 6.07) is 0.358. The average molecular weight is 249 g/mol. The molecule has 96 valence electrons. The van der Waals surface area contributed by atoms with Gasteiger partial charge in [-0.25, -0.2) is 0 Å². The molecule has 0 aromatic heterocycles. The Bertz CT molecular complexity index is 231. The van der Waals surface area contributed by atoms with Crippen LogP contribution in [0.4, 0.5) is 0 Å². The van der Waals surface area contributed by atoms with Crippen molar-refractivity contribution in [2.24, 2.45) is 17.1 Å². The van der Waals surface area contributed by atoms with E-state index in [9.17, 15) is 4.79 Å². The van der Waals surface area contributed by atoms with Gasteiger partial charge in [0.25, 0.3) is 0 Å². The average Bonchev–Trinajstić information content (AvgIpc) is 2.21. The third-order valence-electron chi connectivity index (χ3n) is 3.55. The molecule has 1 rings (SSSR count). The van der Waals surface area contributed by atoms with E-state index in [1.807, 2.05) is 13.8 Å². The van der Waals surface area contributed by atoms with Crippen LogP contribution < -0.4 is 11.1 Å². The summed E-state index contributed by atoms with van der Waals surface area (Å²) in [6.07, 6.45) is 4.88. The van der Waals surface area contributed by atoms with Gasteiger partial charge in [-0.05, 0) is 32.6 Å². The number of rotatable bonds is 3. The van der Waals surface area contributed by atoms with Gasteiger partial charge in [0.1, 0.15) is 0 Å². The Labute approximate surface area is 105 Å². The standard InChI is InChI=1S/C12H24N2O.ClH/c1-9-6-4-5-7-10(9)14-11(15)12(2,3)8-13;/h9-10H,4-8,13H2,1-3H3,(H,14,15);1H. The molecule has 0 bridgehead atoms. The molecule has 0 spiro atoms. The van der Waals surface area contributed by atoms with Crippen molar-refractivity contribution in [3.63, 3.8) is 0 Å². The van der Waals surface area contributed by atoms with Crippen LogP contribution in [0.15, 0.2) is 0 Å². The molecule has 1 aliphatic rings. The van der Waals surface area contributed by atoms with Crippen molar-refractivity contribution >= 4 is 18.3 Å². The zero-order chi connectivity index (χ0) is 11.5. The summed E-state index contributed by atoms with van der Waals surface area (Å²) in [5, 5.41) is 3.14. The van der Waals surface area contributed by atoms with Crippen LogP contribution in [0.5, 0.6) is 0 Å². The summed E-state index contributed by atoms with van der Waals surface area (Å²) in [7, 11) is 0. The van der Waals surface area contributed by atoms with Gasteiger partial charge in [0.05, 0.1) is 5.41 Å². The van der Waals surface area contributed by atoms with E-state index in [1.165, 1.54) is 19.3 Å². The summed E-state index contributed by atoms with van der Waals surface area (Å²) in [6.45, 7) is 6.42. The third-order valence-corrected chi connectivity index (χ3v) is 3.55. The van der Waals surface area contributed by atoms with Gasteiger partial charge < -0.3 is 11.1 Å². The Morgan fingerprint density at radius 1 is 1.38 bits per heavy atom. The zero-order valence-corrected chi connectivity index (χ0v) is 11.4. The molecule has 2 unspecified atom stereocenters. The van der Waals surface area contributed by atoms with Gasteiger partial charge in [0.2, 0.25) is 5.91 Å². The van der Waals surface area contributed by atoms with Crippen LogP contribution in [0.2, 0.25) is 0 Å². The fourth-order valence-corrected chi connectivity index (χ4v) is 1.99. The molecule has 0 saturated heterocycles. The maximum atomic E-state index is 11.9. The van der Waals surface area contributed by atoms with Crippen molar-refractivity contribution in [2.75, 3.05) is 6.54 Å². The monoisotopic (exact) mass is 248 g/mol. The Hall–Kier alpha value is -0.280. The van der Waals surface area contributed by atoms with Gasteiger partial charge in [0.15, 0.2) is 0 Å². The van der Waals surface area contributed by atoms with Crippen molar-refractivity contribution in [2.45, 2.75) is 52.5 Å². The largest absolute Gasteiger partial charge is 0.353 e. The molecule has 16 heavy (non-hydrogen) atoms. The van der Waals surface area contributed by atoms with Crippen LogP contribution in [0.1, 0.15) is 46.5 Å². The number of hydrogen-bond acceptors (Lipinski definition) is 2. The van der Waals surface area contributed by atoms with Crippen molar-refractivity contribution in [3.05, 3.63) is 0 Å². The Morgan fingerprint density at radius 3 is 2.44 bits per heavy atom. The lowest BCUT2D eigenvalue weighted by molar-refractivity contribution is -0.130. The maximum absolute atomic E-state index is 11.9. The molecule has 4 heteroatoms. The van der Waals surface area contributed by atoms with Crippen molar-refractivity contribution in [1.29, 1.82) is 0 Å². The lowest BCUT2D eigenvalue weighted by Gasteiger charge is -2.32. The van der Waals surface area contributed by atoms with Crippen molar-refractivity contribution in [1.82, 2.24) is 5.32 Å². The van der Waals surface area contributed by atoms with Gasteiger partial charge >= 0.3 is 0 Å². The molecule has 0 aliphatic heterocycles. The Balaban J connectivity index is 0.00000225. The van der Waals surface area contributed by atoms with Crippen LogP contribution in [-0.2, 0) is 4.79 Å². The molecule has 2 atom stereocenters. The van der Waals surface area contributed by atoms with Crippen LogP contribution in [0.25, 0.3) is 0 Å². The van der Waals surface area contributed by atoms with Crippen LogP contribution in [0.3, 0.4) is 0 Å². The first-order chi connectivity index (χ1) is 6.97. The minimum Gasteiger partial charge on any atom is -0.353 e. The molecule has 1 fully saturated rings. The van der Waals surface area contributed by atoms with Gasteiger partial charge in [-0.15, -0.1) is 12.4 Å². The van der Waals surface area contributed by atoms with E-state index >= 15 is 0 Å². The summed E-state index contributed by atoms with van der Waals surface area (Å²) in [5.74, 6) is 0.708. The second kappa shape index (κ2) is 6.45. The summed E-state index contributed by atoms with van der Waals surface area (Å²) < 4.78 is 0. The molecule has 0 aromatic rings. The highest BCUT2D eigenvalue weighted by Gasteiger charge is 2.30. The maximum Gasteiger partial charge on any atom is 0.227 e. The first-order valence-electron chi connectivity index (χ1n) is 5.98. The Kier molecular flexibility index (Phi) is 6.34. The predicted octanol–water partition coefficient (Wildman–Crippen LogP) is 2.09. The first-order valence-corrected chi connectivity index (χ1v) is 5.98. The molecular formula is C12H25ClN2O.